The number of thiazole rings is 1. The van der Waals surface area contributed by atoms with Crippen molar-refractivity contribution in [3.05, 3.63) is 71.2 Å². The highest BCUT2D eigenvalue weighted by atomic mass is 32.1. The van der Waals surface area contributed by atoms with Gasteiger partial charge in [-0.2, -0.15) is 0 Å². The molecule has 5 nitrogen and oxygen atoms in total. The Morgan fingerprint density at radius 2 is 1.92 bits per heavy atom. The number of hydrogen-bond donors (Lipinski definition) is 2. The molecule has 1 aromatic heterocycles. The second-order valence-electron chi connectivity index (χ2n) is 5.43. The third kappa shape index (κ3) is 4.65. The molecule has 3 rings (SSSR count). The number of nitrogens with one attached hydrogen (secondary N) is 1. The predicted molar refractivity (Wildman–Crippen MR) is 104 cm³/mol. The number of para-hydroxylation sites is 1. The lowest BCUT2D eigenvalue weighted by atomic mass is 10.2. The molecule has 0 fully saturated rings. The summed E-state index contributed by atoms with van der Waals surface area (Å²) in [5, 5.41) is 6.13. The van der Waals surface area contributed by atoms with E-state index in [1.807, 2.05) is 47.8 Å². The molecule has 0 saturated heterocycles. The quantitative estimate of drug-likeness (QED) is 0.521. The van der Waals surface area contributed by atoms with E-state index in [1.165, 1.54) is 0 Å². The molecule has 1 heterocycles. The average molecular weight is 352 g/mol. The van der Waals surface area contributed by atoms with E-state index in [-0.39, 0.29) is 0 Å². The number of nitrogens with two attached hydrogens (primary N) is 1. The highest BCUT2D eigenvalue weighted by Gasteiger charge is 2.05. The first kappa shape index (κ1) is 17.1. The van der Waals surface area contributed by atoms with E-state index in [9.17, 15) is 0 Å². The third-order valence-electron chi connectivity index (χ3n) is 3.56. The standard InChI is InChI=1S/C19H20N4OS/c1-24-12-15-9-5-6-10-17(15)23-19(20)21-11-16-13-25-18(22-16)14-7-3-2-4-8-14/h2-10,13H,11-12H2,1H3,(H3,20,21,23). The van der Waals surface area contributed by atoms with Crippen LogP contribution in [0.2, 0.25) is 0 Å². The summed E-state index contributed by atoms with van der Waals surface area (Å²) >= 11 is 1.61. The Morgan fingerprint density at radius 1 is 1.16 bits per heavy atom. The van der Waals surface area contributed by atoms with Crippen molar-refractivity contribution < 1.29 is 4.74 Å². The Balaban J connectivity index is 1.65. The smallest absolute Gasteiger partial charge is 0.193 e. The van der Waals surface area contributed by atoms with Gasteiger partial charge in [-0.15, -0.1) is 11.3 Å². The number of anilines is 1. The van der Waals surface area contributed by atoms with Gasteiger partial charge in [0.15, 0.2) is 5.96 Å². The summed E-state index contributed by atoms with van der Waals surface area (Å²) in [5.74, 6) is 0.359. The van der Waals surface area contributed by atoms with Crippen molar-refractivity contribution in [3.8, 4) is 10.6 Å². The Bertz CT molecular complexity index is 845. The number of benzene rings is 2. The molecule has 0 amide bonds. The van der Waals surface area contributed by atoms with E-state index in [0.717, 1.165) is 27.5 Å². The molecule has 25 heavy (non-hydrogen) atoms. The average Bonchev–Trinajstić information content (AvgIpc) is 3.12. The Labute approximate surface area is 151 Å². The minimum absolute atomic E-state index is 0.359. The molecule has 0 aliphatic rings. The molecule has 2 aromatic carbocycles. The van der Waals surface area contributed by atoms with E-state index in [4.69, 9.17) is 10.5 Å². The second-order valence-corrected chi connectivity index (χ2v) is 6.28. The van der Waals surface area contributed by atoms with Gasteiger partial charge in [-0.1, -0.05) is 48.5 Å². The van der Waals surface area contributed by atoms with Gasteiger partial charge in [0.2, 0.25) is 0 Å². The van der Waals surface area contributed by atoms with Gasteiger partial charge in [0.25, 0.3) is 0 Å². The minimum atomic E-state index is 0.359. The second kappa shape index (κ2) is 8.41. The molecular weight excluding hydrogens is 332 g/mol. The number of ether oxygens (including phenoxy) is 1. The largest absolute Gasteiger partial charge is 0.380 e. The van der Waals surface area contributed by atoms with Crippen molar-refractivity contribution in [1.29, 1.82) is 0 Å². The fraction of sp³-hybridized carbons (Fsp3) is 0.158. The molecule has 0 aliphatic heterocycles. The van der Waals surface area contributed by atoms with Gasteiger partial charge in [-0.3, -0.25) is 0 Å². The van der Waals surface area contributed by atoms with Gasteiger partial charge in [0, 0.05) is 29.3 Å². The fourth-order valence-corrected chi connectivity index (χ4v) is 3.18. The Kier molecular flexibility index (Phi) is 5.77. The maximum atomic E-state index is 6.01. The summed E-state index contributed by atoms with van der Waals surface area (Å²) in [4.78, 5) is 9.00. The molecule has 0 saturated carbocycles. The van der Waals surface area contributed by atoms with Gasteiger partial charge >= 0.3 is 0 Å². The molecule has 3 aromatic rings. The molecule has 0 unspecified atom stereocenters. The van der Waals surface area contributed by atoms with Crippen LogP contribution in [0.1, 0.15) is 11.3 Å². The molecule has 0 radical (unpaired) electrons. The third-order valence-corrected chi connectivity index (χ3v) is 4.50. The van der Waals surface area contributed by atoms with Crippen LogP contribution in [0.15, 0.2) is 65.0 Å². The summed E-state index contributed by atoms with van der Waals surface area (Å²) in [5.41, 5.74) is 9.95. The van der Waals surface area contributed by atoms with E-state index in [0.29, 0.717) is 19.1 Å². The topological polar surface area (TPSA) is 72.5 Å². The molecule has 128 valence electrons. The Hall–Kier alpha value is -2.70. The van der Waals surface area contributed by atoms with Crippen LogP contribution >= 0.6 is 11.3 Å². The maximum absolute atomic E-state index is 6.01. The SMILES string of the molecule is COCc1ccccc1NC(N)=NCc1csc(-c2ccccc2)n1. The van der Waals surface area contributed by atoms with Crippen LogP contribution in [-0.2, 0) is 17.9 Å². The van der Waals surface area contributed by atoms with Crippen molar-refractivity contribution >= 4 is 23.0 Å². The van der Waals surface area contributed by atoms with Gasteiger partial charge in [-0.05, 0) is 6.07 Å². The fourth-order valence-electron chi connectivity index (χ4n) is 2.36. The first-order chi connectivity index (χ1) is 12.3. The lowest BCUT2D eigenvalue weighted by Crippen LogP contribution is -2.23. The maximum Gasteiger partial charge on any atom is 0.193 e. The van der Waals surface area contributed by atoms with E-state index in [1.54, 1.807) is 18.4 Å². The van der Waals surface area contributed by atoms with Crippen LogP contribution in [-0.4, -0.2) is 18.1 Å². The lowest BCUT2D eigenvalue weighted by molar-refractivity contribution is 0.185. The first-order valence-electron chi connectivity index (χ1n) is 7.90. The zero-order chi connectivity index (χ0) is 17.5. The van der Waals surface area contributed by atoms with Gasteiger partial charge in [0.1, 0.15) is 5.01 Å². The number of nitrogens with zero attached hydrogens (tertiary/aromatic N) is 2. The lowest BCUT2D eigenvalue weighted by Gasteiger charge is -2.10. The van der Waals surface area contributed by atoms with Crippen molar-refractivity contribution in [2.75, 3.05) is 12.4 Å². The number of aliphatic imine (C=N–C) groups is 1. The van der Waals surface area contributed by atoms with Gasteiger partial charge in [-0.25, -0.2) is 9.98 Å². The number of guanidine groups is 1. The monoisotopic (exact) mass is 352 g/mol. The van der Waals surface area contributed by atoms with Crippen molar-refractivity contribution in [2.45, 2.75) is 13.2 Å². The van der Waals surface area contributed by atoms with Crippen LogP contribution in [0.5, 0.6) is 0 Å². The first-order valence-corrected chi connectivity index (χ1v) is 8.78. The van der Waals surface area contributed by atoms with Crippen molar-refractivity contribution in [3.63, 3.8) is 0 Å². The van der Waals surface area contributed by atoms with Gasteiger partial charge < -0.3 is 15.8 Å². The zero-order valence-corrected chi connectivity index (χ0v) is 14.8. The van der Waals surface area contributed by atoms with E-state index in [2.05, 4.69) is 27.4 Å². The number of aromatic nitrogens is 1. The van der Waals surface area contributed by atoms with Crippen LogP contribution in [0.4, 0.5) is 5.69 Å². The molecule has 3 N–H and O–H groups in total. The van der Waals surface area contributed by atoms with Crippen molar-refractivity contribution in [1.82, 2.24) is 4.98 Å². The summed E-state index contributed by atoms with van der Waals surface area (Å²) in [6.07, 6.45) is 0. The molecule has 0 bridgehead atoms. The van der Waals surface area contributed by atoms with Gasteiger partial charge in [0.05, 0.1) is 18.8 Å². The number of rotatable bonds is 6. The van der Waals surface area contributed by atoms with Crippen LogP contribution < -0.4 is 11.1 Å². The highest BCUT2D eigenvalue weighted by Crippen LogP contribution is 2.23. The molecule has 6 heteroatoms. The molecule has 0 atom stereocenters. The van der Waals surface area contributed by atoms with Crippen molar-refractivity contribution in [2.24, 2.45) is 10.7 Å². The highest BCUT2D eigenvalue weighted by molar-refractivity contribution is 7.13. The van der Waals surface area contributed by atoms with Crippen LogP contribution in [0, 0.1) is 0 Å². The number of hydrogen-bond acceptors (Lipinski definition) is 4. The minimum Gasteiger partial charge on any atom is -0.380 e. The van der Waals surface area contributed by atoms with Crippen LogP contribution in [0.3, 0.4) is 0 Å². The summed E-state index contributed by atoms with van der Waals surface area (Å²) in [7, 11) is 1.67. The normalized spacial score (nSPS) is 11.5. The Morgan fingerprint density at radius 3 is 2.72 bits per heavy atom. The summed E-state index contributed by atoms with van der Waals surface area (Å²) < 4.78 is 5.19. The van der Waals surface area contributed by atoms with E-state index < -0.39 is 0 Å². The predicted octanol–water partition coefficient (Wildman–Crippen LogP) is 3.88. The molecular formula is C19H20N4OS. The van der Waals surface area contributed by atoms with E-state index >= 15 is 0 Å². The molecule has 0 aliphatic carbocycles. The summed E-state index contributed by atoms with van der Waals surface area (Å²) in [6.45, 7) is 0.956. The summed E-state index contributed by atoms with van der Waals surface area (Å²) in [6, 6.07) is 18.0. The van der Waals surface area contributed by atoms with Crippen LogP contribution in [0.25, 0.3) is 10.6 Å². The zero-order valence-electron chi connectivity index (χ0n) is 14.0. The molecule has 0 spiro atoms. The number of methoxy groups -OCH3 is 1.